The van der Waals surface area contributed by atoms with Crippen LogP contribution in [-0.4, -0.2) is 80.5 Å². The lowest BCUT2D eigenvalue weighted by molar-refractivity contribution is -0.138. The van der Waals surface area contributed by atoms with E-state index in [0.29, 0.717) is 60.0 Å². The molecule has 0 amide bonds. The molecule has 9 nitrogen and oxygen atoms in total. The van der Waals surface area contributed by atoms with Gasteiger partial charge in [0.1, 0.15) is 41.4 Å². The van der Waals surface area contributed by atoms with E-state index in [1.54, 1.807) is 6.07 Å². The third-order valence-electron chi connectivity index (χ3n) is 11.4. The number of aromatic hydroxyl groups is 1. The molecule has 5 heterocycles. The van der Waals surface area contributed by atoms with Crippen LogP contribution in [0.4, 0.5) is 19.0 Å². The van der Waals surface area contributed by atoms with Crippen LogP contribution in [0.2, 0.25) is 0 Å². The highest BCUT2D eigenvalue weighted by molar-refractivity contribution is 6.01. The van der Waals surface area contributed by atoms with Crippen LogP contribution >= 0.6 is 0 Å². The quantitative estimate of drug-likeness (QED) is 0.225. The van der Waals surface area contributed by atoms with Gasteiger partial charge in [0.2, 0.25) is 0 Å². The van der Waals surface area contributed by atoms with Gasteiger partial charge in [-0.25, -0.2) is 13.2 Å². The Bertz CT molecular complexity index is 1930. The van der Waals surface area contributed by atoms with Crippen molar-refractivity contribution >= 4 is 33.5 Å². The van der Waals surface area contributed by atoms with E-state index in [-0.39, 0.29) is 59.3 Å². The van der Waals surface area contributed by atoms with Crippen LogP contribution in [-0.2, 0) is 11.2 Å². The summed E-state index contributed by atoms with van der Waals surface area (Å²) in [6.07, 6.45) is 4.95. The van der Waals surface area contributed by atoms with Crippen LogP contribution in [0.3, 0.4) is 0 Å². The lowest BCUT2D eigenvalue weighted by atomic mass is 9.82. The maximum Gasteiger partial charge on any atom is 0.319 e. The van der Waals surface area contributed by atoms with Crippen LogP contribution in [0.5, 0.6) is 11.8 Å². The summed E-state index contributed by atoms with van der Waals surface area (Å²) < 4.78 is 52.7. The molecular formula is C36H38F3N5O4. The van der Waals surface area contributed by atoms with Crippen molar-refractivity contribution in [1.82, 2.24) is 19.9 Å². The van der Waals surface area contributed by atoms with E-state index in [0.717, 1.165) is 32.2 Å². The normalized spacial score (nSPS) is 26.9. The molecule has 5 atom stereocenters. The predicted molar refractivity (Wildman–Crippen MR) is 174 cm³/mol. The Balaban J connectivity index is 1.25. The molecule has 252 valence electrons. The molecule has 2 aromatic carbocycles. The van der Waals surface area contributed by atoms with Crippen molar-refractivity contribution in [3.8, 4) is 23.0 Å². The monoisotopic (exact) mass is 661 g/mol. The average Bonchev–Trinajstić information content (AvgIpc) is 3.65. The van der Waals surface area contributed by atoms with E-state index in [2.05, 4.69) is 19.8 Å². The zero-order valence-corrected chi connectivity index (χ0v) is 26.8. The van der Waals surface area contributed by atoms with Gasteiger partial charge in [0.25, 0.3) is 0 Å². The molecule has 1 saturated carbocycles. The summed E-state index contributed by atoms with van der Waals surface area (Å²) in [4.78, 5) is 29.8. The van der Waals surface area contributed by atoms with E-state index in [1.165, 1.54) is 24.4 Å². The Morgan fingerprint density at radius 2 is 1.92 bits per heavy atom. The first-order chi connectivity index (χ1) is 23.1. The number of halogens is 3. The lowest BCUT2D eigenvalue weighted by Crippen LogP contribution is -2.44. The number of phenols is 1. The summed E-state index contributed by atoms with van der Waals surface area (Å²) in [6, 6.07) is 5.77. The van der Waals surface area contributed by atoms with Gasteiger partial charge in [-0.05, 0) is 90.9 Å². The van der Waals surface area contributed by atoms with E-state index < -0.39 is 29.3 Å². The molecule has 12 heteroatoms. The average molecular weight is 662 g/mol. The number of aryl methyl sites for hydroxylation is 1. The first-order valence-corrected chi connectivity index (χ1v) is 16.9. The SMILES string of the molecule is CCc1c(F)ccc2cc(O)cc(-c3ncc4c(N5C[C@H]6CC[C@@H](C5)C6CC(=O)O)nc(OC[C@@]56CCCN5C[C@H](F)C6)nc4c3F)c12. The number of piperidine rings is 1. The standard InChI is InChI=1S/C36H38F3N5O4/c1-2-24-28(38)7-6-19-10-23(45)11-26(30(19)24)32-31(39)33-27(14-40-32)34(43-15-20-4-5-21(16-43)25(20)12-29(46)47)42-35(41-33)48-18-36-8-3-9-44(36)17-22(37)13-36/h6-7,10-11,14,20-22,25,45H,2-5,8-9,12-13,15-18H2,1H3,(H,46,47)/t20-,21+,22-,25?,36+/m1/s1. The van der Waals surface area contributed by atoms with Gasteiger partial charge < -0.3 is 19.8 Å². The predicted octanol–water partition coefficient (Wildman–Crippen LogP) is 6.28. The van der Waals surface area contributed by atoms with Crippen molar-refractivity contribution in [2.24, 2.45) is 17.8 Å². The minimum atomic E-state index is -0.939. The molecule has 1 aliphatic carbocycles. The van der Waals surface area contributed by atoms with Crippen LogP contribution in [0.15, 0.2) is 30.5 Å². The molecule has 0 spiro atoms. The highest BCUT2D eigenvalue weighted by Gasteiger charge is 2.49. The molecule has 48 heavy (non-hydrogen) atoms. The highest BCUT2D eigenvalue weighted by Crippen LogP contribution is 2.47. The molecule has 4 aliphatic rings. The van der Waals surface area contributed by atoms with E-state index >= 15 is 4.39 Å². The van der Waals surface area contributed by atoms with Crippen LogP contribution in [0.1, 0.15) is 51.0 Å². The summed E-state index contributed by atoms with van der Waals surface area (Å²) in [7, 11) is 0. The zero-order chi connectivity index (χ0) is 33.3. The Hall–Kier alpha value is -4.19. The van der Waals surface area contributed by atoms with Gasteiger partial charge in [0.05, 0.1) is 10.9 Å². The third kappa shape index (κ3) is 5.10. The van der Waals surface area contributed by atoms with Gasteiger partial charge in [-0.2, -0.15) is 9.97 Å². The Morgan fingerprint density at radius 3 is 2.67 bits per heavy atom. The molecular weight excluding hydrogens is 623 g/mol. The molecule has 2 bridgehead atoms. The Kier molecular flexibility index (Phi) is 7.61. The minimum absolute atomic E-state index is 0.0264. The van der Waals surface area contributed by atoms with Gasteiger partial charge >= 0.3 is 12.0 Å². The molecule has 8 rings (SSSR count). The minimum Gasteiger partial charge on any atom is -0.508 e. The molecule has 3 aliphatic heterocycles. The number of carboxylic acid groups (broad SMARTS) is 1. The van der Waals surface area contributed by atoms with Crippen molar-refractivity contribution in [3.05, 3.63) is 47.7 Å². The number of carboxylic acids is 1. The molecule has 2 aromatic heterocycles. The summed E-state index contributed by atoms with van der Waals surface area (Å²) in [5, 5.41) is 21.5. The van der Waals surface area contributed by atoms with Gasteiger partial charge in [-0.1, -0.05) is 13.0 Å². The molecule has 4 aromatic rings. The van der Waals surface area contributed by atoms with Gasteiger partial charge in [0, 0.05) is 44.2 Å². The van der Waals surface area contributed by atoms with E-state index in [4.69, 9.17) is 9.72 Å². The number of hydrogen-bond acceptors (Lipinski definition) is 8. The lowest BCUT2D eigenvalue weighted by Gasteiger charge is -2.38. The van der Waals surface area contributed by atoms with Crippen LogP contribution in [0, 0.1) is 29.4 Å². The number of hydrogen-bond donors (Lipinski definition) is 2. The maximum absolute atomic E-state index is 16.9. The smallest absolute Gasteiger partial charge is 0.319 e. The summed E-state index contributed by atoms with van der Waals surface area (Å²) in [5.74, 6) is -1.27. The van der Waals surface area contributed by atoms with Gasteiger partial charge in [0.15, 0.2) is 5.82 Å². The largest absolute Gasteiger partial charge is 0.508 e. The fourth-order valence-electron chi connectivity index (χ4n) is 9.24. The topological polar surface area (TPSA) is 112 Å². The molecule has 4 fully saturated rings. The number of anilines is 1. The fourth-order valence-corrected chi connectivity index (χ4v) is 9.24. The Morgan fingerprint density at radius 1 is 1.12 bits per heavy atom. The number of fused-ring (bicyclic) bond motifs is 5. The summed E-state index contributed by atoms with van der Waals surface area (Å²) in [5.41, 5.74) is 0.0583. The zero-order valence-electron chi connectivity index (χ0n) is 26.8. The maximum atomic E-state index is 16.9. The first kappa shape index (κ1) is 31.1. The number of carbonyl (C=O) groups is 1. The number of phenolic OH excluding ortho intramolecular Hbond substituents is 1. The number of rotatable bonds is 8. The van der Waals surface area contributed by atoms with Gasteiger partial charge in [-0.3, -0.25) is 14.7 Å². The second-order valence-electron chi connectivity index (χ2n) is 14.1. The number of ether oxygens (including phenoxy) is 1. The van der Waals surface area contributed by atoms with Crippen molar-refractivity contribution in [3.63, 3.8) is 0 Å². The van der Waals surface area contributed by atoms with Crippen molar-refractivity contribution in [1.29, 1.82) is 0 Å². The number of pyridine rings is 1. The highest BCUT2D eigenvalue weighted by atomic mass is 19.1. The van der Waals surface area contributed by atoms with Crippen LogP contribution < -0.4 is 9.64 Å². The second-order valence-corrected chi connectivity index (χ2v) is 14.1. The Labute approximate surface area is 275 Å². The molecule has 2 N–H and O–H groups in total. The van der Waals surface area contributed by atoms with Gasteiger partial charge in [-0.15, -0.1) is 0 Å². The number of nitrogens with zero attached hydrogens (tertiary/aromatic N) is 5. The first-order valence-electron chi connectivity index (χ1n) is 16.9. The van der Waals surface area contributed by atoms with Crippen molar-refractivity contribution in [2.75, 3.05) is 37.7 Å². The summed E-state index contributed by atoms with van der Waals surface area (Å²) >= 11 is 0. The number of aliphatic carboxylic acids is 1. The molecule has 0 radical (unpaired) electrons. The number of benzene rings is 2. The van der Waals surface area contributed by atoms with E-state index in [9.17, 15) is 23.8 Å². The molecule has 1 unspecified atom stereocenters. The summed E-state index contributed by atoms with van der Waals surface area (Å²) in [6.45, 7) is 4.25. The van der Waals surface area contributed by atoms with Crippen molar-refractivity contribution in [2.45, 2.75) is 63.6 Å². The van der Waals surface area contributed by atoms with Crippen molar-refractivity contribution < 1.29 is 32.9 Å². The number of aromatic nitrogens is 3. The molecule has 3 saturated heterocycles. The fraction of sp³-hybridized carbons (Fsp3) is 0.500. The third-order valence-corrected chi connectivity index (χ3v) is 11.4. The number of alkyl halides is 1. The van der Waals surface area contributed by atoms with Crippen LogP contribution in [0.25, 0.3) is 32.9 Å². The van der Waals surface area contributed by atoms with E-state index in [1.807, 2.05) is 6.92 Å². The second kappa shape index (κ2) is 11.7.